The number of hydrogen-bond acceptors (Lipinski definition) is 3. The Kier molecular flexibility index (Phi) is 4.50. The highest BCUT2D eigenvalue weighted by Gasteiger charge is 2.26. The molecule has 110 valence electrons. The number of halogens is 2. The van der Waals surface area contributed by atoms with E-state index in [2.05, 4.69) is 9.80 Å². The summed E-state index contributed by atoms with van der Waals surface area (Å²) in [6.07, 6.45) is 0.209. The molecule has 1 aromatic rings. The Bertz CT molecular complexity index is 519. The van der Waals surface area contributed by atoms with E-state index in [0.29, 0.717) is 0 Å². The number of benzene rings is 1. The number of carbonyl (C=O) groups is 1. The van der Waals surface area contributed by atoms with Gasteiger partial charge in [0.05, 0.1) is 5.56 Å². The first-order valence-electron chi connectivity index (χ1n) is 6.76. The fourth-order valence-electron chi connectivity index (χ4n) is 2.51. The van der Waals surface area contributed by atoms with E-state index < -0.39 is 11.6 Å². The molecule has 0 bridgehead atoms. The maximum absolute atomic E-state index is 13.8. The Morgan fingerprint density at radius 1 is 1.25 bits per heavy atom. The molecule has 20 heavy (non-hydrogen) atoms. The number of nitrogens with zero attached hydrogens (tertiary/aromatic N) is 2. The van der Waals surface area contributed by atoms with Crippen molar-refractivity contribution >= 4 is 5.78 Å². The van der Waals surface area contributed by atoms with Crippen LogP contribution in [-0.2, 0) is 0 Å². The Balaban J connectivity index is 2.14. The van der Waals surface area contributed by atoms with Gasteiger partial charge >= 0.3 is 0 Å². The van der Waals surface area contributed by atoms with Crippen LogP contribution in [0.1, 0.15) is 22.3 Å². The van der Waals surface area contributed by atoms with Gasteiger partial charge in [-0.15, -0.1) is 0 Å². The second-order valence-electron chi connectivity index (χ2n) is 5.58. The maximum Gasteiger partial charge on any atom is 0.169 e. The average Bonchev–Trinajstić information content (AvgIpc) is 2.40. The lowest BCUT2D eigenvalue weighted by molar-refractivity contribution is 0.0806. The van der Waals surface area contributed by atoms with Crippen molar-refractivity contribution in [3.05, 3.63) is 34.9 Å². The van der Waals surface area contributed by atoms with Gasteiger partial charge in [0.1, 0.15) is 0 Å². The molecule has 0 aromatic heterocycles. The van der Waals surface area contributed by atoms with Gasteiger partial charge in [-0.05, 0) is 32.6 Å². The summed E-state index contributed by atoms with van der Waals surface area (Å²) in [4.78, 5) is 16.4. The molecule has 1 aliphatic heterocycles. The highest BCUT2D eigenvalue weighted by atomic mass is 19.2. The maximum atomic E-state index is 13.8. The van der Waals surface area contributed by atoms with E-state index in [1.54, 1.807) is 0 Å². The first-order valence-corrected chi connectivity index (χ1v) is 6.76. The highest BCUT2D eigenvalue weighted by molar-refractivity contribution is 5.96. The standard InChI is InChI=1S/C15H20F2N2O/c1-10-4-5-12(15(17)14(10)16)13(20)8-11-9-18(2)6-7-19(11)3/h4-5,11H,6-9H2,1-3H3. The molecule has 0 amide bonds. The van der Waals surface area contributed by atoms with E-state index in [1.165, 1.54) is 19.1 Å². The van der Waals surface area contributed by atoms with Crippen LogP contribution in [0.15, 0.2) is 12.1 Å². The van der Waals surface area contributed by atoms with Crippen LogP contribution in [0.2, 0.25) is 0 Å². The molecule has 1 aliphatic rings. The first kappa shape index (κ1) is 15.1. The minimum absolute atomic E-state index is 0.0463. The Morgan fingerprint density at radius 3 is 2.65 bits per heavy atom. The monoisotopic (exact) mass is 282 g/mol. The molecule has 1 fully saturated rings. The van der Waals surface area contributed by atoms with Crippen molar-refractivity contribution in [1.82, 2.24) is 9.80 Å². The minimum atomic E-state index is -1.03. The number of carbonyl (C=O) groups excluding carboxylic acids is 1. The molecule has 0 spiro atoms. The van der Waals surface area contributed by atoms with Crippen molar-refractivity contribution in [2.75, 3.05) is 33.7 Å². The lowest BCUT2D eigenvalue weighted by Gasteiger charge is -2.37. The molecule has 0 aliphatic carbocycles. The van der Waals surface area contributed by atoms with Crippen molar-refractivity contribution in [2.45, 2.75) is 19.4 Å². The van der Waals surface area contributed by atoms with Gasteiger partial charge in [0, 0.05) is 32.1 Å². The molecule has 1 aromatic carbocycles. The normalized spacial score (nSPS) is 21.1. The summed E-state index contributed by atoms with van der Waals surface area (Å²) in [6.45, 7) is 4.07. The summed E-state index contributed by atoms with van der Waals surface area (Å²) >= 11 is 0. The van der Waals surface area contributed by atoms with E-state index >= 15 is 0 Å². The van der Waals surface area contributed by atoms with E-state index in [4.69, 9.17) is 0 Å². The van der Waals surface area contributed by atoms with Crippen LogP contribution in [-0.4, -0.2) is 55.4 Å². The van der Waals surface area contributed by atoms with Crippen molar-refractivity contribution in [3.63, 3.8) is 0 Å². The number of hydrogen-bond donors (Lipinski definition) is 0. The Morgan fingerprint density at radius 2 is 1.95 bits per heavy atom. The van der Waals surface area contributed by atoms with E-state index in [0.717, 1.165) is 19.6 Å². The van der Waals surface area contributed by atoms with Crippen LogP contribution in [0, 0.1) is 18.6 Å². The number of likely N-dealkylation sites (N-methyl/N-ethyl adjacent to an activating group) is 2. The van der Waals surface area contributed by atoms with Gasteiger partial charge in [-0.2, -0.15) is 0 Å². The molecule has 0 saturated carbocycles. The fourth-order valence-corrected chi connectivity index (χ4v) is 2.51. The van der Waals surface area contributed by atoms with Gasteiger partial charge in [0.25, 0.3) is 0 Å². The average molecular weight is 282 g/mol. The van der Waals surface area contributed by atoms with Gasteiger partial charge in [0.15, 0.2) is 17.4 Å². The van der Waals surface area contributed by atoms with E-state index in [1.807, 2.05) is 14.1 Å². The second kappa shape index (κ2) is 5.97. The summed E-state index contributed by atoms with van der Waals surface area (Å²) in [6, 6.07) is 2.87. The van der Waals surface area contributed by atoms with Crippen molar-refractivity contribution in [3.8, 4) is 0 Å². The van der Waals surface area contributed by atoms with Gasteiger partial charge in [-0.3, -0.25) is 4.79 Å². The van der Waals surface area contributed by atoms with E-state index in [-0.39, 0.29) is 29.4 Å². The molecule has 1 unspecified atom stereocenters. The summed E-state index contributed by atoms with van der Waals surface area (Å²) < 4.78 is 27.3. The summed E-state index contributed by atoms with van der Waals surface area (Å²) in [7, 11) is 3.95. The SMILES string of the molecule is Cc1ccc(C(=O)CC2CN(C)CCN2C)c(F)c1F. The summed E-state index contributed by atoms with van der Waals surface area (Å²) in [5, 5.41) is 0. The fraction of sp³-hybridized carbons (Fsp3) is 0.533. The number of aryl methyl sites for hydroxylation is 1. The zero-order valence-corrected chi connectivity index (χ0v) is 12.1. The van der Waals surface area contributed by atoms with Gasteiger partial charge in [-0.1, -0.05) is 6.07 Å². The molecule has 0 N–H and O–H groups in total. The molecule has 5 heteroatoms. The zero-order chi connectivity index (χ0) is 14.9. The predicted octanol–water partition coefficient (Wildman–Crippen LogP) is 2.09. The van der Waals surface area contributed by atoms with Crippen molar-refractivity contribution < 1.29 is 13.6 Å². The molecule has 3 nitrogen and oxygen atoms in total. The smallest absolute Gasteiger partial charge is 0.169 e. The summed E-state index contributed by atoms with van der Waals surface area (Å²) in [5.41, 5.74) is 0.0725. The van der Waals surface area contributed by atoms with Crippen molar-refractivity contribution in [2.24, 2.45) is 0 Å². The van der Waals surface area contributed by atoms with Crippen LogP contribution < -0.4 is 0 Å². The number of ketones is 1. The Hall–Kier alpha value is -1.33. The first-order chi connectivity index (χ1) is 9.40. The summed E-state index contributed by atoms with van der Waals surface area (Å²) in [5.74, 6) is -2.29. The second-order valence-corrected chi connectivity index (χ2v) is 5.58. The molecule has 1 saturated heterocycles. The van der Waals surface area contributed by atoms with Gasteiger partial charge < -0.3 is 9.80 Å². The van der Waals surface area contributed by atoms with Crippen LogP contribution in [0.4, 0.5) is 8.78 Å². The topological polar surface area (TPSA) is 23.6 Å². The minimum Gasteiger partial charge on any atom is -0.304 e. The Labute approximate surface area is 118 Å². The van der Waals surface area contributed by atoms with Crippen LogP contribution in [0.5, 0.6) is 0 Å². The molecule has 1 atom stereocenters. The van der Waals surface area contributed by atoms with Gasteiger partial charge in [-0.25, -0.2) is 8.78 Å². The number of piperazine rings is 1. The van der Waals surface area contributed by atoms with Crippen molar-refractivity contribution in [1.29, 1.82) is 0 Å². The molecule has 2 rings (SSSR count). The van der Waals surface area contributed by atoms with Crippen LogP contribution in [0.3, 0.4) is 0 Å². The van der Waals surface area contributed by atoms with E-state index in [9.17, 15) is 13.6 Å². The third-order valence-electron chi connectivity index (χ3n) is 3.98. The lowest BCUT2D eigenvalue weighted by Crippen LogP contribution is -2.50. The number of Topliss-reactive ketones (excluding diaryl/α,β-unsaturated/α-hetero) is 1. The van der Waals surface area contributed by atoms with Crippen LogP contribution >= 0.6 is 0 Å². The third-order valence-corrected chi connectivity index (χ3v) is 3.98. The zero-order valence-electron chi connectivity index (χ0n) is 12.1. The quantitative estimate of drug-likeness (QED) is 0.793. The number of rotatable bonds is 3. The molecular formula is C15H20F2N2O. The molecular weight excluding hydrogens is 262 g/mol. The highest BCUT2D eigenvalue weighted by Crippen LogP contribution is 2.19. The van der Waals surface area contributed by atoms with Crippen LogP contribution in [0.25, 0.3) is 0 Å². The molecule has 1 heterocycles. The van der Waals surface area contributed by atoms with Gasteiger partial charge in [0.2, 0.25) is 0 Å². The lowest BCUT2D eigenvalue weighted by atomic mass is 9.99. The largest absolute Gasteiger partial charge is 0.304 e. The predicted molar refractivity (Wildman–Crippen MR) is 74.0 cm³/mol. The molecule has 0 radical (unpaired) electrons. The third kappa shape index (κ3) is 3.04.